The molecule has 0 unspecified atom stereocenters. The van der Waals surface area contributed by atoms with Crippen molar-refractivity contribution >= 4 is 33.3 Å². The van der Waals surface area contributed by atoms with E-state index < -0.39 is 15.8 Å². The molecule has 0 saturated heterocycles. The number of benzene rings is 1. The van der Waals surface area contributed by atoms with Gasteiger partial charge in [-0.2, -0.15) is 0 Å². The molecule has 144 valence electrons. The molecule has 1 aliphatic carbocycles. The van der Waals surface area contributed by atoms with Gasteiger partial charge in [0.1, 0.15) is 0 Å². The highest BCUT2D eigenvalue weighted by Crippen LogP contribution is 2.23. The molecule has 1 amide bonds. The Balaban J connectivity index is 1.71. The standard InChI is InChI=1S/C18H24ClNO5S/c1-13-2-6-15(7-3-13)20-17(21)12-25-18(22)10-11-26(23,24)16-8-4-14(19)5-9-16/h4-5,8-9,13,15H,2-3,6-7,10-12H2,1H3,(H,20,21). The van der Waals surface area contributed by atoms with Crippen LogP contribution in [0.1, 0.15) is 39.0 Å². The first-order valence-corrected chi connectivity index (χ1v) is 10.7. The van der Waals surface area contributed by atoms with E-state index in [0.29, 0.717) is 10.9 Å². The van der Waals surface area contributed by atoms with Crippen LogP contribution in [0.4, 0.5) is 0 Å². The van der Waals surface area contributed by atoms with E-state index >= 15 is 0 Å². The van der Waals surface area contributed by atoms with Gasteiger partial charge in [0, 0.05) is 11.1 Å². The van der Waals surface area contributed by atoms with Crippen LogP contribution in [-0.4, -0.2) is 38.7 Å². The molecule has 0 bridgehead atoms. The average molecular weight is 402 g/mol. The minimum absolute atomic E-state index is 0.0963. The first-order valence-electron chi connectivity index (χ1n) is 8.69. The highest BCUT2D eigenvalue weighted by atomic mass is 35.5. The molecule has 1 aromatic rings. The van der Waals surface area contributed by atoms with Crippen LogP contribution in [0, 0.1) is 5.92 Å². The number of hydrogen-bond acceptors (Lipinski definition) is 5. The second-order valence-electron chi connectivity index (χ2n) is 6.71. The van der Waals surface area contributed by atoms with Crippen molar-refractivity contribution < 1.29 is 22.7 Å². The van der Waals surface area contributed by atoms with Crippen molar-refractivity contribution in [3.8, 4) is 0 Å². The molecule has 1 aromatic carbocycles. The van der Waals surface area contributed by atoms with Crippen molar-refractivity contribution in [3.05, 3.63) is 29.3 Å². The van der Waals surface area contributed by atoms with E-state index in [-0.39, 0.29) is 35.6 Å². The second-order valence-corrected chi connectivity index (χ2v) is 9.25. The van der Waals surface area contributed by atoms with Gasteiger partial charge >= 0.3 is 5.97 Å². The van der Waals surface area contributed by atoms with E-state index in [1.807, 2.05) is 0 Å². The Bertz CT molecular complexity index is 724. The lowest BCUT2D eigenvalue weighted by Gasteiger charge is -2.26. The second kappa shape index (κ2) is 9.37. The third-order valence-corrected chi connectivity index (χ3v) is 6.48. The summed E-state index contributed by atoms with van der Waals surface area (Å²) >= 11 is 5.73. The number of nitrogens with one attached hydrogen (secondary N) is 1. The molecule has 8 heteroatoms. The van der Waals surface area contributed by atoms with Crippen LogP contribution in [-0.2, 0) is 24.2 Å². The summed E-state index contributed by atoms with van der Waals surface area (Å²) < 4.78 is 29.2. The monoisotopic (exact) mass is 401 g/mol. The van der Waals surface area contributed by atoms with Crippen LogP contribution < -0.4 is 5.32 Å². The lowest BCUT2D eigenvalue weighted by Crippen LogP contribution is -2.39. The minimum Gasteiger partial charge on any atom is -0.456 e. The summed E-state index contributed by atoms with van der Waals surface area (Å²) in [5.41, 5.74) is 0. The number of amides is 1. The van der Waals surface area contributed by atoms with Crippen LogP contribution in [0.3, 0.4) is 0 Å². The van der Waals surface area contributed by atoms with Gasteiger partial charge in [0.25, 0.3) is 5.91 Å². The summed E-state index contributed by atoms with van der Waals surface area (Å²) in [5.74, 6) is -0.757. The van der Waals surface area contributed by atoms with Gasteiger partial charge < -0.3 is 10.1 Å². The van der Waals surface area contributed by atoms with Crippen molar-refractivity contribution in [2.24, 2.45) is 5.92 Å². The number of esters is 1. The number of carbonyl (C=O) groups excluding carboxylic acids is 2. The van der Waals surface area contributed by atoms with Gasteiger partial charge in [-0.05, 0) is 55.9 Å². The van der Waals surface area contributed by atoms with E-state index in [1.165, 1.54) is 24.3 Å². The molecule has 1 N–H and O–H groups in total. The zero-order valence-corrected chi connectivity index (χ0v) is 16.3. The summed E-state index contributed by atoms with van der Waals surface area (Å²) in [6.07, 6.45) is 3.71. The predicted molar refractivity (Wildman–Crippen MR) is 98.6 cm³/mol. The van der Waals surface area contributed by atoms with E-state index in [4.69, 9.17) is 16.3 Å². The summed E-state index contributed by atoms with van der Waals surface area (Å²) in [7, 11) is -3.60. The van der Waals surface area contributed by atoms with Crippen molar-refractivity contribution in [1.29, 1.82) is 0 Å². The van der Waals surface area contributed by atoms with Gasteiger partial charge in [-0.1, -0.05) is 18.5 Å². The summed E-state index contributed by atoms with van der Waals surface area (Å²) in [4.78, 5) is 23.7. The fourth-order valence-corrected chi connectivity index (χ4v) is 4.22. The molecule has 1 fully saturated rings. The van der Waals surface area contributed by atoms with Gasteiger partial charge in [0.05, 0.1) is 17.1 Å². The maximum atomic E-state index is 12.1. The normalized spacial score (nSPS) is 20.4. The fraction of sp³-hybridized carbons (Fsp3) is 0.556. The Morgan fingerprint density at radius 2 is 1.77 bits per heavy atom. The third-order valence-electron chi connectivity index (χ3n) is 4.49. The smallest absolute Gasteiger partial charge is 0.307 e. The molecule has 0 aliphatic heterocycles. The van der Waals surface area contributed by atoms with Crippen molar-refractivity contribution in [2.45, 2.75) is 50.0 Å². The number of carbonyl (C=O) groups is 2. The van der Waals surface area contributed by atoms with Gasteiger partial charge in [-0.3, -0.25) is 9.59 Å². The Kier molecular flexibility index (Phi) is 7.46. The predicted octanol–water partition coefficient (Wildman–Crippen LogP) is 2.74. The lowest BCUT2D eigenvalue weighted by molar-refractivity contribution is -0.148. The van der Waals surface area contributed by atoms with Gasteiger partial charge in [0.15, 0.2) is 16.4 Å². The molecule has 0 atom stereocenters. The van der Waals surface area contributed by atoms with Gasteiger partial charge in [-0.15, -0.1) is 0 Å². The largest absolute Gasteiger partial charge is 0.456 e. The molecule has 1 aliphatic rings. The molecule has 0 radical (unpaired) electrons. The van der Waals surface area contributed by atoms with Crippen LogP contribution >= 0.6 is 11.6 Å². The topological polar surface area (TPSA) is 89.5 Å². The summed E-state index contributed by atoms with van der Waals surface area (Å²) in [6, 6.07) is 5.86. The Labute approximate surface area is 159 Å². The average Bonchev–Trinajstić information content (AvgIpc) is 2.61. The first kappa shape index (κ1) is 20.7. The zero-order valence-electron chi connectivity index (χ0n) is 14.7. The van der Waals surface area contributed by atoms with Crippen LogP contribution in [0.5, 0.6) is 0 Å². The molecule has 26 heavy (non-hydrogen) atoms. The molecule has 0 heterocycles. The quantitative estimate of drug-likeness (QED) is 0.709. The van der Waals surface area contributed by atoms with E-state index in [0.717, 1.165) is 25.7 Å². The van der Waals surface area contributed by atoms with Crippen molar-refractivity contribution in [2.75, 3.05) is 12.4 Å². The van der Waals surface area contributed by atoms with Crippen molar-refractivity contribution in [1.82, 2.24) is 5.32 Å². The van der Waals surface area contributed by atoms with E-state index in [9.17, 15) is 18.0 Å². The molecular weight excluding hydrogens is 378 g/mol. The number of ether oxygens (including phenoxy) is 1. The first-order chi connectivity index (χ1) is 12.3. The highest BCUT2D eigenvalue weighted by molar-refractivity contribution is 7.91. The maximum absolute atomic E-state index is 12.1. The van der Waals surface area contributed by atoms with Crippen LogP contribution in [0.15, 0.2) is 29.2 Å². The molecule has 0 spiro atoms. The third kappa shape index (κ3) is 6.61. The van der Waals surface area contributed by atoms with E-state index in [2.05, 4.69) is 12.2 Å². The Morgan fingerprint density at radius 3 is 2.38 bits per heavy atom. The number of sulfone groups is 1. The van der Waals surface area contributed by atoms with E-state index in [1.54, 1.807) is 0 Å². The molecule has 0 aromatic heterocycles. The fourth-order valence-electron chi connectivity index (χ4n) is 2.87. The lowest BCUT2D eigenvalue weighted by atomic mass is 9.87. The molecule has 2 rings (SSSR count). The minimum atomic E-state index is -3.60. The van der Waals surface area contributed by atoms with Gasteiger partial charge in [-0.25, -0.2) is 8.42 Å². The maximum Gasteiger partial charge on any atom is 0.307 e. The number of rotatable bonds is 7. The molecular formula is C18H24ClNO5S. The van der Waals surface area contributed by atoms with Crippen molar-refractivity contribution in [3.63, 3.8) is 0 Å². The zero-order chi connectivity index (χ0) is 19.2. The summed E-state index contributed by atoms with van der Waals surface area (Å²) in [6.45, 7) is 1.81. The van der Waals surface area contributed by atoms with Crippen LogP contribution in [0.25, 0.3) is 0 Å². The van der Waals surface area contributed by atoms with Gasteiger partial charge in [0.2, 0.25) is 0 Å². The Morgan fingerprint density at radius 1 is 1.15 bits per heavy atom. The summed E-state index contributed by atoms with van der Waals surface area (Å²) in [5, 5.41) is 3.28. The van der Waals surface area contributed by atoms with Crippen LogP contribution in [0.2, 0.25) is 5.02 Å². The SMILES string of the molecule is CC1CCC(NC(=O)COC(=O)CCS(=O)(=O)c2ccc(Cl)cc2)CC1. The number of hydrogen-bond donors (Lipinski definition) is 1. The molecule has 1 saturated carbocycles. The Hall–Kier alpha value is -1.60. The number of halogens is 1. The highest BCUT2D eigenvalue weighted by Gasteiger charge is 2.21. The molecule has 6 nitrogen and oxygen atoms in total.